The quantitative estimate of drug-likeness (QED) is 0.766. The van der Waals surface area contributed by atoms with Gasteiger partial charge in [-0.3, -0.25) is 9.59 Å². The van der Waals surface area contributed by atoms with E-state index in [1.807, 2.05) is 0 Å². The average Bonchev–Trinajstić information content (AvgIpc) is 3.15. The maximum atomic E-state index is 12.2. The van der Waals surface area contributed by atoms with Gasteiger partial charge in [-0.1, -0.05) is 18.9 Å². The number of hydrogen-bond donors (Lipinski definition) is 3. The standard InChI is InChI=1S/C19H19N3O4/c23-17(20-13-4-1-2-5-13)12-8-10-14(11-9-12)21-18(24)15-6-3-7-16(22-15)19(25)26/h3,6-11,13H,1-2,4-5H2,(H,20,23)(H,21,24)(H,25,26). The lowest BCUT2D eigenvalue weighted by Crippen LogP contribution is -2.32. The highest BCUT2D eigenvalue weighted by atomic mass is 16.4. The Balaban J connectivity index is 1.63. The van der Waals surface area contributed by atoms with E-state index in [1.54, 1.807) is 24.3 Å². The van der Waals surface area contributed by atoms with E-state index in [-0.39, 0.29) is 23.3 Å². The van der Waals surface area contributed by atoms with E-state index < -0.39 is 11.9 Å². The highest BCUT2D eigenvalue weighted by Gasteiger charge is 2.18. The zero-order valence-electron chi connectivity index (χ0n) is 14.1. The molecule has 0 saturated heterocycles. The molecule has 1 saturated carbocycles. The molecule has 1 fully saturated rings. The second-order valence-electron chi connectivity index (χ2n) is 6.20. The third-order valence-corrected chi connectivity index (χ3v) is 4.30. The SMILES string of the molecule is O=C(NC1CCCC1)c1ccc(NC(=O)c2cccc(C(=O)O)n2)cc1. The lowest BCUT2D eigenvalue weighted by molar-refractivity contribution is 0.0690. The summed E-state index contributed by atoms with van der Waals surface area (Å²) in [5, 5.41) is 14.6. The minimum absolute atomic E-state index is 0.00736. The number of carboxylic acid groups (broad SMARTS) is 1. The number of carbonyl (C=O) groups is 3. The van der Waals surface area contributed by atoms with Crippen LogP contribution in [0.1, 0.15) is 57.0 Å². The normalized spacial score (nSPS) is 14.0. The second kappa shape index (κ2) is 7.77. The molecule has 1 aliphatic carbocycles. The molecule has 0 spiro atoms. The van der Waals surface area contributed by atoms with E-state index in [0.29, 0.717) is 11.3 Å². The Labute approximate surface area is 150 Å². The first-order valence-corrected chi connectivity index (χ1v) is 8.45. The molecule has 3 rings (SSSR count). The summed E-state index contributed by atoms with van der Waals surface area (Å²) in [6, 6.07) is 11.0. The molecule has 1 aromatic carbocycles. The molecule has 0 aliphatic heterocycles. The van der Waals surface area contributed by atoms with E-state index in [0.717, 1.165) is 25.7 Å². The van der Waals surface area contributed by atoms with E-state index in [1.165, 1.54) is 18.2 Å². The van der Waals surface area contributed by atoms with E-state index in [9.17, 15) is 14.4 Å². The molecule has 0 atom stereocenters. The van der Waals surface area contributed by atoms with E-state index in [4.69, 9.17) is 5.11 Å². The molecule has 26 heavy (non-hydrogen) atoms. The van der Waals surface area contributed by atoms with Gasteiger partial charge in [0.15, 0.2) is 0 Å². The van der Waals surface area contributed by atoms with Crippen molar-refractivity contribution in [2.45, 2.75) is 31.7 Å². The van der Waals surface area contributed by atoms with Gasteiger partial charge in [0, 0.05) is 17.3 Å². The van der Waals surface area contributed by atoms with Crippen molar-refractivity contribution in [3.05, 3.63) is 59.4 Å². The van der Waals surface area contributed by atoms with Gasteiger partial charge in [0.1, 0.15) is 11.4 Å². The number of aromatic carboxylic acids is 1. The first kappa shape index (κ1) is 17.6. The van der Waals surface area contributed by atoms with Crippen LogP contribution in [-0.2, 0) is 0 Å². The minimum atomic E-state index is -1.20. The smallest absolute Gasteiger partial charge is 0.354 e. The number of benzene rings is 1. The van der Waals surface area contributed by atoms with E-state index >= 15 is 0 Å². The molecule has 2 aromatic rings. The number of nitrogens with one attached hydrogen (secondary N) is 2. The van der Waals surface area contributed by atoms with Crippen molar-refractivity contribution in [3.8, 4) is 0 Å². The van der Waals surface area contributed by atoms with Crippen LogP contribution >= 0.6 is 0 Å². The van der Waals surface area contributed by atoms with Crippen LogP contribution in [0.2, 0.25) is 0 Å². The van der Waals surface area contributed by atoms with Crippen molar-refractivity contribution in [2.24, 2.45) is 0 Å². The Hall–Kier alpha value is -3.22. The van der Waals surface area contributed by atoms with Crippen LogP contribution in [0, 0.1) is 0 Å². The molecule has 1 heterocycles. The largest absolute Gasteiger partial charge is 0.477 e. The third kappa shape index (κ3) is 4.24. The van der Waals surface area contributed by atoms with Gasteiger partial charge in [-0.25, -0.2) is 9.78 Å². The highest BCUT2D eigenvalue weighted by Crippen LogP contribution is 2.18. The Morgan fingerprint density at radius 1 is 0.923 bits per heavy atom. The summed E-state index contributed by atoms with van der Waals surface area (Å²) in [7, 11) is 0. The van der Waals surface area contributed by atoms with Crippen molar-refractivity contribution in [2.75, 3.05) is 5.32 Å². The van der Waals surface area contributed by atoms with Gasteiger partial charge in [0.05, 0.1) is 0 Å². The van der Waals surface area contributed by atoms with Gasteiger partial charge >= 0.3 is 5.97 Å². The molecule has 3 N–H and O–H groups in total. The topological polar surface area (TPSA) is 108 Å². The molecule has 7 nitrogen and oxygen atoms in total. The number of rotatable bonds is 5. The van der Waals surface area contributed by atoms with Crippen LogP contribution < -0.4 is 10.6 Å². The van der Waals surface area contributed by atoms with Crippen molar-refractivity contribution >= 4 is 23.5 Å². The summed E-state index contributed by atoms with van der Waals surface area (Å²) in [6.45, 7) is 0. The summed E-state index contributed by atoms with van der Waals surface area (Å²) in [6.07, 6.45) is 4.32. The third-order valence-electron chi connectivity index (χ3n) is 4.30. The molecule has 0 radical (unpaired) electrons. The number of aromatic nitrogens is 1. The number of carboxylic acids is 1. The Kier molecular flexibility index (Phi) is 5.26. The van der Waals surface area contributed by atoms with Crippen LogP contribution in [0.25, 0.3) is 0 Å². The first-order chi connectivity index (χ1) is 12.5. The van der Waals surface area contributed by atoms with Crippen molar-refractivity contribution in [3.63, 3.8) is 0 Å². The zero-order valence-corrected chi connectivity index (χ0v) is 14.1. The predicted octanol–water partition coefficient (Wildman–Crippen LogP) is 2.70. The van der Waals surface area contributed by atoms with Crippen molar-refractivity contribution < 1.29 is 19.5 Å². The zero-order chi connectivity index (χ0) is 18.5. The Bertz CT molecular complexity index is 827. The van der Waals surface area contributed by atoms with Crippen LogP contribution in [0.3, 0.4) is 0 Å². The fourth-order valence-corrected chi connectivity index (χ4v) is 2.92. The lowest BCUT2D eigenvalue weighted by atomic mass is 10.1. The summed E-state index contributed by atoms with van der Waals surface area (Å²) in [4.78, 5) is 39.1. The maximum absolute atomic E-state index is 12.2. The monoisotopic (exact) mass is 353 g/mol. The highest BCUT2D eigenvalue weighted by molar-refractivity contribution is 6.03. The first-order valence-electron chi connectivity index (χ1n) is 8.45. The number of carbonyl (C=O) groups excluding carboxylic acids is 2. The van der Waals surface area contributed by atoms with Crippen LogP contribution in [-0.4, -0.2) is 33.9 Å². The van der Waals surface area contributed by atoms with Crippen LogP contribution in [0.15, 0.2) is 42.5 Å². The van der Waals surface area contributed by atoms with Gasteiger partial charge in [0.2, 0.25) is 0 Å². The molecule has 2 amide bonds. The Morgan fingerprint density at radius 3 is 2.23 bits per heavy atom. The summed E-state index contributed by atoms with van der Waals surface area (Å²) >= 11 is 0. The molecule has 7 heteroatoms. The molecular weight excluding hydrogens is 334 g/mol. The van der Waals surface area contributed by atoms with Crippen molar-refractivity contribution in [1.29, 1.82) is 0 Å². The van der Waals surface area contributed by atoms with Gasteiger partial charge in [-0.2, -0.15) is 0 Å². The number of amides is 2. The van der Waals surface area contributed by atoms with Crippen molar-refractivity contribution in [1.82, 2.24) is 10.3 Å². The minimum Gasteiger partial charge on any atom is -0.477 e. The van der Waals surface area contributed by atoms with Gasteiger partial charge in [-0.05, 0) is 49.2 Å². The van der Waals surface area contributed by atoms with E-state index in [2.05, 4.69) is 15.6 Å². The summed E-state index contributed by atoms with van der Waals surface area (Å²) in [5.41, 5.74) is 0.834. The fraction of sp³-hybridized carbons (Fsp3) is 0.263. The number of pyridine rings is 1. The molecular formula is C19H19N3O4. The molecule has 0 bridgehead atoms. The number of hydrogen-bond acceptors (Lipinski definition) is 4. The summed E-state index contributed by atoms with van der Waals surface area (Å²) < 4.78 is 0. The van der Waals surface area contributed by atoms with Crippen LogP contribution in [0.4, 0.5) is 5.69 Å². The Morgan fingerprint density at radius 2 is 1.58 bits per heavy atom. The van der Waals surface area contributed by atoms with Gasteiger partial charge in [0.25, 0.3) is 11.8 Å². The van der Waals surface area contributed by atoms with Crippen LogP contribution in [0.5, 0.6) is 0 Å². The second-order valence-corrected chi connectivity index (χ2v) is 6.20. The van der Waals surface area contributed by atoms with Gasteiger partial charge in [-0.15, -0.1) is 0 Å². The average molecular weight is 353 g/mol. The summed E-state index contributed by atoms with van der Waals surface area (Å²) in [5.74, 6) is -1.83. The molecule has 134 valence electrons. The number of anilines is 1. The molecule has 1 aliphatic rings. The molecule has 1 aromatic heterocycles. The van der Waals surface area contributed by atoms with Gasteiger partial charge < -0.3 is 15.7 Å². The lowest BCUT2D eigenvalue weighted by Gasteiger charge is -2.12. The molecule has 0 unspecified atom stereocenters. The fourth-order valence-electron chi connectivity index (χ4n) is 2.92. The predicted molar refractivity (Wildman–Crippen MR) is 95.3 cm³/mol. The number of nitrogens with zero attached hydrogens (tertiary/aromatic N) is 1. The maximum Gasteiger partial charge on any atom is 0.354 e.